The van der Waals surface area contributed by atoms with E-state index in [9.17, 15) is 26.4 Å². The number of fused-ring (bicyclic) bond motifs is 1. The van der Waals surface area contributed by atoms with Crippen LogP contribution in [0.15, 0.2) is 46.3 Å². The molecule has 0 bridgehead atoms. The van der Waals surface area contributed by atoms with Crippen LogP contribution in [-0.2, 0) is 26.3 Å². The van der Waals surface area contributed by atoms with Crippen LogP contribution in [-0.4, -0.2) is 50.0 Å². The maximum absolute atomic E-state index is 12.6. The Morgan fingerprint density at radius 3 is 2.62 bits per heavy atom. The molecule has 1 aliphatic heterocycles. The number of benzene rings is 1. The summed E-state index contributed by atoms with van der Waals surface area (Å²) in [5.41, 5.74) is 2.18. The molecule has 1 atom stereocenters. The third-order valence-corrected chi connectivity index (χ3v) is 9.55. The van der Waals surface area contributed by atoms with Gasteiger partial charge in [0, 0.05) is 16.5 Å². The molecule has 1 fully saturated rings. The minimum absolute atomic E-state index is 0.0511. The lowest BCUT2D eigenvalue weighted by atomic mass is 10.2. The van der Waals surface area contributed by atoms with E-state index >= 15 is 0 Å². The zero-order chi connectivity index (χ0) is 23.1. The van der Waals surface area contributed by atoms with Gasteiger partial charge in [0.2, 0.25) is 10.0 Å². The highest BCUT2D eigenvalue weighted by Gasteiger charge is 2.31. The Kier molecular flexibility index (Phi) is 5.92. The van der Waals surface area contributed by atoms with Crippen molar-refractivity contribution in [2.75, 3.05) is 16.9 Å². The minimum atomic E-state index is -3.94. The van der Waals surface area contributed by atoms with Crippen molar-refractivity contribution in [1.82, 2.24) is 14.4 Å². The zero-order valence-electron chi connectivity index (χ0n) is 16.9. The number of rotatable bonds is 6. The number of hydrogen-bond donors (Lipinski definition) is 2. The van der Waals surface area contributed by atoms with Crippen molar-refractivity contribution in [1.29, 1.82) is 0 Å². The van der Waals surface area contributed by atoms with Gasteiger partial charge < -0.3 is 0 Å². The molecule has 0 radical (unpaired) electrons. The summed E-state index contributed by atoms with van der Waals surface area (Å²) in [5, 5.41) is 0.413. The number of amides is 1. The van der Waals surface area contributed by atoms with Crippen LogP contribution in [0.3, 0.4) is 0 Å². The van der Waals surface area contributed by atoms with Crippen LogP contribution in [0.5, 0.6) is 0 Å². The predicted molar refractivity (Wildman–Crippen MR) is 121 cm³/mol. The normalized spacial score (nSPS) is 18.1. The first-order valence-electron chi connectivity index (χ1n) is 9.72. The molecule has 0 spiro atoms. The van der Waals surface area contributed by atoms with Gasteiger partial charge in [-0.1, -0.05) is 6.92 Å². The predicted octanol–water partition coefficient (Wildman–Crippen LogP) is 0.870. The lowest BCUT2D eigenvalue weighted by Crippen LogP contribution is -2.35. The Bertz CT molecular complexity index is 1460. The lowest BCUT2D eigenvalue weighted by Gasteiger charge is -2.12. The third kappa shape index (κ3) is 4.60. The SMILES string of the molecule is CCc1cc2c(=O)n(NC(=O)c3ccc(S(=O)(=O)NC4CCS(=O)(=O)C4)cc3)cnc2s1. The van der Waals surface area contributed by atoms with Gasteiger partial charge in [0.25, 0.3) is 11.5 Å². The summed E-state index contributed by atoms with van der Waals surface area (Å²) in [4.78, 5) is 30.9. The zero-order valence-corrected chi connectivity index (χ0v) is 19.4. The number of aromatic nitrogens is 2. The molecule has 4 rings (SSSR count). The van der Waals surface area contributed by atoms with E-state index in [0.717, 1.165) is 16.0 Å². The molecule has 1 aromatic carbocycles. The molecule has 0 aliphatic carbocycles. The Labute approximate surface area is 188 Å². The topological polar surface area (TPSA) is 144 Å². The maximum Gasteiger partial charge on any atom is 0.280 e. The average Bonchev–Trinajstić information content (AvgIpc) is 3.32. The van der Waals surface area contributed by atoms with E-state index in [1.807, 2.05) is 6.92 Å². The van der Waals surface area contributed by atoms with E-state index in [4.69, 9.17) is 0 Å². The van der Waals surface area contributed by atoms with Gasteiger partial charge in [0.1, 0.15) is 11.2 Å². The van der Waals surface area contributed by atoms with E-state index in [-0.39, 0.29) is 28.4 Å². The Morgan fingerprint density at radius 1 is 1.28 bits per heavy atom. The summed E-state index contributed by atoms with van der Waals surface area (Å²) in [7, 11) is -7.16. The molecule has 170 valence electrons. The molecule has 2 N–H and O–H groups in total. The van der Waals surface area contributed by atoms with Crippen LogP contribution >= 0.6 is 11.3 Å². The average molecular weight is 497 g/mol. The maximum atomic E-state index is 12.6. The van der Waals surface area contributed by atoms with E-state index < -0.39 is 37.4 Å². The molecule has 2 aromatic heterocycles. The van der Waals surface area contributed by atoms with E-state index in [0.29, 0.717) is 10.2 Å². The highest BCUT2D eigenvalue weighted by atomic mass is 32.2. The molecular formula is C19H20N4O6S3. The fourth-order valence-corrected chi connectivity index (χ4v) is 7.34. The first-order valence-corrected chi connectivity index (χ1v) is 13.8. The number of sulfone groups is 1. The smallest absolute Gasteiger partial charge is 0.267 e. The van der Waals surface area contributed by atoms with Gasteiger partial charge in [-0.2, -0.15) is 0 Å². The van der Waals surface area contributed by atoms with Gasteiger partial charge in [-0.05, 0) is 43.2 Å². The van der Waals surface area contributed by atoms with Crippen molar-refractivity contribution in [3.63, 3.8) is 0 Å². The van der Waals surface area contributed by atoms with E-state index in [2.05, 4.69) is 15.1 Å². The van der Waals surface area contributed by atoms with E-state index in [1.165, 1.54) is 41.9 Å². The van der Waals surface area contributed by atoms with Gasteiger partial charge in [-0.25, -0.2) is 31.2 Å². The van der Waals surface area contributed by atoms with Crippen molar-refractivity contribution in [3.05, 3.63) is 57.5 Å². The molecule has 3 aromatic rings. The first-order chi connectivity index (χ1) is 15.1. The summed E-state index contributed by atoms with van der Waals surface area (Å²) in [5.74, 6) is -0.897. The number of hydrogen-bond acceptors (Lipinski definition) is 8. The molecule has 0 saturated carbocycles. The van der Waals surface area contributed by atoms with Crippen molar-refractivity contribution >= 4 is 47.3 Å². The van der Waals surface area contributed by atoms with Crippen LogP contribution in [0.1, 0.15) is 28.6 Å². The van der Waals surface area contributed by atoms with Crippen LogP contribution in [0.4, 0.5) is 0 Å². The quantitative estimate of drug-likeness (QED) is 0.515. The van der Waals surface area contributed by atoms with E-state index in [1.54, 1.807) is 6.07 Å². The summed E-state index contributed by atoms with van der Waals surface area (Å²) in [6.45, 7) is 1.97. The number of carbonyl (C=O) groups is 1. The van der Waals surface area contributed by atoms with Gasteiger partial charge in [0.05, 0.1) is 21.8 Å². The second-order valence-electron chi connectivity index (χ2n) is 7.39. The number of thiophene rings is 1. The number of sulfonamides is 1. The molecule has 10 nitrogen and oxygen atoms in total. The summed E-state index contributed by atoms with van der Waals surface area (Å²) in [6, 6.07) is 6.19. The second-order valence-corrected chi connectivity index (χ2v) is 12.4. The summed E-state index contributed by atoms with van der Waals surface area (Å²) in [6.07, 6.45) is 2.23. The number of aryl methyl sites for hydroxylation is 1. The highest BCUT2D eigenvalue weighted by Crippen LogP contribution is 2.21. The van der Waals surface area contributed by atoms with Crippen LogP contribution in [0, 0.1) is 0 Å². The second kappa shape index (κ2) is 8.39. The van der Waals surface area contributed by atoms with Crippen LogP contribution in [0.25, 0.3) is 10.2 Å². The summed E-state index contributed by atoms with van der Waals surface area (Å²) < 4.78 is 51.5. The van der Waals surface area contributed by atoms with Crippen molar-refractivity contribution in [2.24, 2.45) is 0 Å². The fraction of sp³-hybridized carbons (Fsp3) is 0.316. The standard InChI is InChI=1S/C19H20N4O6S3/c1-2-14-9-16-18(30-14)20-11-23(19(16)25)21-17(24)12-3-5-15(6-4-12)32(28,29)22-13-7-8-31(26,27)10-13/h3-6,9,11,13,22H,2,7-8,10H2,1H3,(H,21,24). The van der Waals surface area contributed by atoms with Crippen molar-refractivity contribution in [3.8, 4) is 0 Å². The molecular weight excluding hydrogens is 476 g/mol. The molecule has 1 aliphatic rings. The molecule has 1 amide bonds. The van der Waals surface area contributed by atoms with Gasteiger partial charge in [-0.3, -0.25) is 15.0 Å². The van der Waals surface area contributed by atoms with Gasteiger partial charge in [-0.15, -0.1) is 11.3 Å². The lowest BCUT2D eigenvalue weighted by molar-refractivity contribution is 0.101. The summed E-state index contributed by atoms with van der Waals surface area (Å²) >= 11 is 1.42. The Balaban J connectivity index is 1.49. The van der Waals surface area contributed by atoms with Gasteiger partial charge in [0.15, 0.2) is 9.84 Å². The number of nitrogens with zero attached hydrogens (tertiary/aromatic N) is 2. The van der Waals surface area contributed by atoms with Crippen LogP contribution in [0.2, 0.25) is 0 Å². The molecule has 13 heteroatoms. The Hall–Kier alpha value is -2.61. The largest absolute Gasteiger partial charge is 0.280 e. The van der Waals surface area contributed by atoms with Crippen LogP contribution < -0.4 is 15.7 Å². The first kappa shape index (κ1) is 22.6. The highest BCUT2D eigenvalue weighted by molar-refractivity contribution is 7.92. The van der Waals surface area contributed by atoms with Gasteiger partial charge >= 0.3 is 0 Å². The third-order valence-electron chi connectivity index (χ3n) is 5.05. The molecule has 3 heterocycles. The monoisotopic (exact) mass is 496 g/mol. The molecule has 1 saturated heterocycles. The molecule has 1 unspecified atom stereocenters. The van der Waals surface area contributed by atoms with Crippen molar-refractivity contribution in [2.45, 2.75) is 30.7 Å². The Morgan fingerprint density at radius 2 is 2.00 bits per heavy atom. The number of nitrogens with one attached hydrogen (secondary N) is 2. The minimum Gasteiger partial charge on any atom is -0.267 e. The molecule has 32 heavy (non-hydrogen) atoms. The number of carbonyl (C=O) groups excluding carboxylic acids is 1. The van der Waals surface area contributed by atoms with Crippen molar-refractivity contribution < 1.29 is 21.6 Å². The fourth-order valence-electron chi connectivity index (χ4n) is 3.36.